The van der Waals surface area contributed by atoms with Gasteiger partial charge in [-0.15, -0.1) is 0 Å². The first-order valence-corrected chi connectivity index (χ1v) is 6.59. The molecule has 1 aliphatic heterocycles. The van der Waals surface area contributed by atoms with E-state index in [0.29, 0.717) is 17.5 Å². The Morgan fingerprint density at radius 1 is 1.29 bits per heavy atom. The second-order valence-electron chi connectivity index (χ2n) is 4.49. The van der Waals surface area contributed by atoms with Gasteiger partial charge in [-0.3, -0.25) is 9.98 Å². The fourth-order valence-electron chi connectivity index (χ4n) is 1.80. The largest absolute Gasteiger partial charge is 0.273 e. The van der Waals surface area contributed by atoms with Crippen LogP contribution in [0.4, 0.5) is 0 Å². The Hall–Kier alpha value is -2.69. The van der Waals surface area contributed by atoms with Gasteiger partial charge in [0.25, 0.3) is 0 Å². The van der Waals surface area contributed by atoms with Gasteiger partial charge in [0.15, 0.2) is 5.82 Å². The summed E-state index contributed by atoms with van der Waals surface area (Å²) in [4.78, 5) is 21.1. The first-order valence-electron chi connectivity index (χ1n) is 6.59. The van der Waals surface area contributed by atoms with Crippen LogP contribution in [0.1, 0.15) is 30.3 Å². The highest BCUT2D eigenvalue weighted by molar-refractivity contribution is 5.72. The monoisotopic (exact) mass is 279 g/mol. The van der Waals surface area contributed by atoms with Crippen molar-refractivity contribution in [1.29, 1.82) is 0 Å². The average Bonchev–Trinajstić information content (AvgIpc) is 2.76. The zero-order chi connectivity index (χ0) is 15.1. The van der Waals surface area contributed by atoms with Gasteiger partial charge < -0.3 is 0 Å². The number of nitrogens with zero attached hydrogens (tertiary/aromatic N) is 5. The number of aromatic nitrogens is 3. The zero-order valence-electron chi connectivity index (χ0n) is 12.1. The maximum absolute atomic E-state index is 4.55. The summed E-state index contributed by atoms with van der Waals surface area (Å²) < 4.78 is 0. The van der Waals surface area contributed by atoms with Crippen LogP contribution in [0.15, 0.2) is 52.8 Å². The summed E-state index contributed by atoms with van der Waals surface area (Å²) in [5, 5.41) is 0. The molecule has 0 aliphatic carbocycles. The molecule has 0 fully saturated rings. The molecule has 0 saturated carbocycles. The number of aryl methyl sites for hydroxylation is 1. The minimum atomic E-state index is 0.00568. The van der Waals surface area contributed by atoms with Crippen molar-refractivity contribution in [3.63, 3.8) is 0 Å². The molecule has 2 rings (SSSR count). The second-order valence-corrected chi connectivity index (χ2v) is 4.49. The molecular weight excluding hydrogens is 262 g/mol. The third-order valence-electron chi connectivity index (χ3n) is 2.82. The molecule has 0 N–H and O–H groups in total. The van der Waals surface area contributed by atoms with E-state index in [2.05, 4.69) is 31.7 Å². The summed E-state index contributed by atoms with van der Waals surface area (Å²) >= 11 is 0. The van der Waals surface area contributed by atoms with Crippen molar-refractivity contribution >= 4 is 18.5 Å². The summed E-state index contributed by atoms with van der Waals surface area (Å²) in [7, 11) is 0. The van der Waals surface area contributed by atoms with E-state index in [1.54, 1.807) is 24.7 Å². The molecule has 5 nitrogen and oxygen atoms in total. The predicted octanol–water partition coefficient (Wildman–Crippen LogP) is 3.04. The SMILES string of the molecule is C=N/C=C\C=C(/C)c1nc(C)nc(C2C=CC=NC=C2)n1. The average molecular weight is 279 g/mol. The van der Waals surface area contributed by atoms with Crippen LogP contribution in [0, 0.1) is 6.92 Å². The first-order chi connectivity index (χ1) is 10.2. The number of hydrogen-bond acceptors (Lipinski definition) is 5. The van der Waals surface area contributed by atoms with E-state index in [0.717, 1.165) is 5.57 Å². The Bertz CT molecular complexity index is 649. The summed E-state index contributed by atoms with van der Waals surface area (Å²) in [6.45, 7) is 7.21. The van der Waals surface area contributed by atoms with E-state index >= 15 is 0 Å². The van der Waals surface area contributed by atoms with Gasteiger partial charge in [0.05, 0.1) is 5.92 Å². The summed E-state index contributed by atoms with van der Waals surface area (Å²) in [6, 6.07) is 0. The van der Waals surface area contributed by atoms with Crippen LogP contribution in [0.5, 0.6) is 0 Å². The molecule has 1 atom stereocenters. The Kier molecular flexibility index (Phi) is 5.04. The third kappa shape index (κ3) is 4.14. The smallest absolute Gasteiger partial charge is 0.159 e. The van der Waals surface area contributed by atoms with Crippen molar-refractivity contribution in [2.24, 2.45) is 9.98 Å². The molecule has 0 amide bonds. The summed E-state index contributed by atoms with van der Waals surface area (Å²) in [5.41, 5.74) is 0.944. The van der Waals surface area contributed by atoms with E-state index < -0.39 is 0 Å². The number of rotatable bonds is 4. The lowest BCUT2D eigenvalue weighted by Gasteiger charge is -2.08. The molecule has 1 aromatic rings. The molecule has 0 spiro atoms. The molecule has 0 bridgehead atoms. The Labute approximate surface area is 124 Å². The molecule has 21 heavy (non-hydrogen) atoms. The van der Waals surface area contributed by atoms with Crippen LogP contribution in [0.3, 0.4) is 0 Å². The molecule has 5 heteroatoms. The minimum Gasteiger partial charge on any atom is -0.273 e. The van der Waals surface area contributed by atoms with Crippen molar-refractivity contribution in [2.45, 2.75) is 19.8 Å². The van der Waals surface area contributed by atoms with Gasteiger partial charge >= 0.3 is 0 Å². The quantitative estimate of drug-likeness (QED) is 0.628. The van der Waals surface area contributed by atoms with Crippen LogP contribution in [-0.2, 0) is 0 Å². The van der Waals surface area contributed by atoms with Gasteiger partial charge in [-0.05, 0) is 38.3 Å². The molecule has 1 aromatic heterocycles. The standard InChI is InChI=1S/C16H17N5/c1-12(6-4-9-17-3)15-19-13(2)20-16(21-15)14-7-5-10-18-11-8-14/h4-11,14H,3H2,1-2H3/b9-4-,12-6+. The van der Waals surface area contributed by atoms with E-state index in [4.69, 9.17) is 0 Å². The predicted molar refractivity (Wildman–Crippen MR) is 86.4 cm³/mol. The fraction of sp³-hybridized carbons (Fsp3) is 0.188. The van der Waals surface area contributed by atoms with E-state index in [1.165, 1.54) is 0 Å². The molecular formula is C16H17N5. The van der Waals surface area contributed by atoms with Crippen molar-refractivity contribution in [3.8, 4) is 0 Å². The number of aliphatic imine (C=N–C) groups is 2. The van der Waals surface area contributed by atoms with Crippen LogP contribution in [0.25, 0.3) is 5.57 Å². The van der Waals surface area contributed by atoms with Crippen LogP contribution >= 0.6 is 0 Å². The van der Waals surface area contributed by atoms with E-state index in [-0.39, 0.29) is 5.92 Å². The highest BCUT2D eigenvalue weighted by Crippen LogP contribution is 2.18. The third-order valence-corrected chi connectivity index (χ3v) is 2.82. The number of allylic oxidation sites excluding steroid dienone is 6. The van der Waals surface area contributed by atoms with Crippen LogP contribution < -0.4 is 0 Å². The van der Waals surface area contributed by atoms with Gasteiger partial charge in [0.1, 0.15) is 11.6 Å². The lowest BCUT2D eigenvalue weighted by molar-refractivity contribution is 0.830. The van der Waals surface area contributed by atoms with Crippen molar-refractivity contribution in [1.82, 2.24) is 15.0 Å². The molecule has 0 aromatic carbocycles. The topological polar surface area (TPSA) is 63.4 Å². The Balaban J connectivity index is 2.35. The maximum Gasteiger partial charge on any atom is 0.159 e. The summed E-state index contributed by atoms with van der Waals surface area (Å²) in [6.07, 6.45) is 14.7. The van der Waals surface area contributed by atoms with Crippen molar-refractivity contribution in [3.05, 3.63) is 60.3 Å². The van der Waals surface area contributed by atoms with Gasteiger partial charge in [-0.1, -0.05) is 18.2 Å². The number of hydrogen-bond donors (Lipinski definition) is 0. The molecule has 106 valence electrons. The molecule has 2 heterocycles. The minimum absolute atomic E-state index is 0.00568. The Morgan fingerprint density at radius 3 is 2.95 bits per heavy atom. The lowest BCUT2D eigenvalue weighted by Crippen LogP contribution is -2.07. The van der Waals surface area contributed by atoms with E-state index in [9.17, 15) is 0 Å². The van der Waals surface area contributed by atoms with Crippen molar-refractivity contribution < 1.29 is 0 Å². The van der Waals surface area contributed by atoms with Gasteiger partial charge in [0.2, 0.25) is 0 Å². The van der Waals surface area contributed by atoms with Crippen LogP contribution in [0.2, 0.25) is 0 Å². The van der Waals surface area contributed by atoms with Gasteiger partial charge in [0, 0.05) is 18.6 Å². The fourth-order valence-corrected chi connectivity index (χ4v) is 1.80. The molecule has 0 saturated heterocycles. The second kappa shape index (κ2) is 7.19. The molecule has 0 radical (unpaired) electrons. The maximum atomic E-state index is 4.55. The van der Waals surface area contributed by atoms with Crippen molar-refractivity contribution in [2.75, 3.05) is 0 Å². The normalized spacial score (nSPS) is 18.2. The lowest BCUT2D eigenvalue weighted by atomic mass is 10.1. The highest BCUT2D eigenvalue weighted by Gasteiger charge is 2.12. The summed E-state index contributed by atoms with van der Waals surface area (Å²) in [5.74, 6) is 2.08. The molecule has 1 unspecified atom stereocenters. The molecule has 1 aliphatic rings. The zero-order valence-corrected chi connectivity index (χ0v) is 12.1. The van der Waals surface area contributed by atoms with Gasteiger partial charge in [-0.25, -0.2) is 15.0 Å². The first kappa shape index (κ1) is 14.7. The Morgan fingerprint density at radius 2 is 2.14 bits per heavy atom. The van der Waals surface area contributed by atoms with Crippen LogP contribution in [-0.4, -0.2) is 27.9 Å². The highest BCUT2D eigenvalue weighted by atomic mass is 15.0. The van der Waals surface area contributed by atoms with Gasteiger partial charge in [-0.2, -0.15) is 0 Å². The van der Waals surface area contributed by atoms with E-state index in [1.807, 2.05) is 38.2 Å².